The molecule has 6 nitrogen and oxygen atoms in total. The van der Waals surface area contributed by atoms with E-state index >= 15 is 0 Å². The van der Waals surface area contributed by atoms with Crippen molar-refractivity contribution in [2.24, 2.45) is 23.7 Å². The highest BCUT2D eigenvalue weighted by Crippen LogP contribution is 2.40. The molecule has 4 rings (SSSR count). The fourth-order valence-corrected chi connectivity index (χ4v) is 6.69. The van der Waals surface area contributed by atoms with Crippen molar-refractivity contribution in [1.82, 2.24) is 0 Å². The van der Waals surface area contributed by atoms with Crippen LogP contribution in [0.15, 0.2) is 36.4 Å². The summed E-state index contributed by atoms with van der Waals surface area (Å²) < 4.78 is 5.19. The van der Waals surface area contributed by atoms with Gasteiger partial charge in [0, 0.05) is 19.1 Å². The van der Waals surface area contributed by atoms with Gasteiger partial charge in [-0.3, -0.25) is 0 Å². The molecule has 0 aliphatic heterocycles. The van der Waals surface area contributed by atoms with Gasteiger partial charge in [-0.25, -0.2) is 0 Å². The summed E-state index contributed by atoms with van der Waals surface area (Å²) in [6, 6.07) is 12.4. The van der Waals surface area contributed by atoms with E-state index in [1.54, 1.807) is 7.11 Å². The monoisotopic (exact) mass is 512 g/mol. The fraction of sp³-hybridized carbons (Fsp3) is 0.613. The summed E-state index contributed by atoms with van der Waals surface area (Å²) in [7, 11) is 1.56. The lowest BCUT2D eigenvalue weighted by Crippen LogP contribution is -2.47. The molecule has 0 aromatic heterocycles. The van der Waals surface area contributed by atoms with E-state index < -0.39 is 12.2 Å². The van der Waals surface area contributed by atoms with Crippen molar-refractivity contribution in [1.29, 1.82) is 0 Å². The lowest BCUT2D eigenvalue weighted by Gasteiger charge is -2.42. The predicted molar refractivity (Wildman–Crippen MR) is 144 cm³/mol. The number of aliphatic hydroxyl groups is 4. The van der Waals surface area contributed by atoms with Crippen molar-refractivity contribution >= 4 is 0 Å². The van der Waals surface area contributed by atoms with E-state index in [0.717, 1.165) is 56.9 Å². The van der Waals surface area contributed by atoms with Gasteiger partial charge in [0.2, 0.25) is 0 Å². The van der Waals surface area contributed by atoms with E-state index in [-0.39, 0.29) is 36.7 Å². The minimum atomic E-state index is -0.751. The molecule has 0 radical (unpaired) electrons. The van der Waals surface area contributed by atoms with Gasteiger partial charge in [-0.1, -0.05) is 37.6 Å². The number of hydrogen-bond acceptors (Lipinski definition) is 6. The van der Waals surface area contributed by atoms with Crippen molar-refractivity contribution in [2.45, 2.75) is 76.4 Å². The Bertz CT molecular complexity index is 1020. The fourth-order valence-electron chi connectivity index (χ4n) is 6.69. The molecular weight excluding hydrogens is 468 g/mol. The average molecular weight is 513 g/mol. The normalized spacial score (nSPS) is 27.8. The molecule has 37 heavy (non-hydrogen) atoms. The first-order valence-corrected chi connectivity index (χ1v) is 13.9. The zero-order valence-corrected chi connectivity index (χ0v) is 22.2. The summed E-state index contributed by atoms with van der Waals surface area (Å²) in [5.41, 5.74) is 5.04. The van der Waals surface area contributed by atoms with Crippen LogP contribution < -0.4 is 4.74 Å². The summed E-state index contributed by atoms with van der Waals surface area (Å²) in [6.07, 6.45) is 5.44. The lowest BCUT2D eigenvalue weighted by molar-refractivity contribution is -0.0983. The Morgan fingerprint density at radius 1 is 1.00 bits per heavy atom. The number of benzene rings is 2. The molecular formula is C31H44O6. The van der Waals surface area contributed by atoms with E-state index in [4.69, 9.17) is 4.74 Å². The van der Waals surface area contributed by atoms with E-state index in [9.17, 15) is 25.5 Å². The molecule has 0 amide bonds. The molecule has 2 aromatic carbocycles. The number of aryl methyl sites for hydroxylation is 1. The molecule has 6 heteroatoms. The summed E-state index contributed by atoms with van der Waals surface area (Å²) >= 11 is 0. The Balaban J connectivity index is 1.38. The zero-order chi connectivity index (χ0) is 26.5. The van der Waals surface area contributed by atoms with Crippen LogP contribution in [0.2, 0.25) is 0 Å². The van der Waals surface area contributed by atoms with Crippen molar-refractivity contribution in [2.75, 3.05) is 20.3 Å². The second-order valence-electron chi connectivity index (χ2n) is 11.5. The molecule has 2 aromatic rings. The first kappa shape index (κ1) is 27.9. The zero-order valence-electron chi connectivity index (χ0n) is 22.2. The van der Waals surface area contributed by atoms with Crippen LogP contribution in [0.25, 0.3) is 0 Å². The highest BCUT2D eigenvalue weighted by Gasteiger charge is 2.41. The maximum Gasteiger partial charge on any atom is 0.160 e. The molecule has 0 heterocycles. The molecule has 6 atom stereocenters. The van der Waals surface area contributed by atoms with Gasteiger partial charge >= 0.3 is 0 Å². The van der Waals surface area contributed by atoms with Crippen LogP contribution in [0.3, 0.4) is 0 Å². The van der Waals surface area contributed by atoms with E-state index in [1.165, 1.54) is 16.7 Å². The van der Waals surface area contributed by atoms with Gasteiger partial charge in [0.05, 0.1) is 19.3 Å². The third-order valence-corrected chi connectivity index (χ3v) is 9.01. The second-order valence-corrected chi connectivity index (χ2v) is 11.5. The number of hydrogen-bond donors (Lipinski definition) is 5. The highest BCUT2D eigenvalue weighted by atomic mass is 16.5. The number of ether oxygens (including phenoxy) is 1. The number of rotatable bonds is 10. The van der Waals surface area contributed by atoms with Gasteiger partial charge in [-0.15, -0.1) is 0 Å². The molecule has 0 bridgehead atoms. The Kier molecular flexibility index (Phi) is 9.51. The van der Waals surface area contributed by atoms with Gasteiger partial charge in [-0.2, -0.15) is 0 Å². The molecule has 6 unspecified atom stereocenters. The summed E-state index contributed by atoms with van der Waals surface area (Å²) in [4.78, 5) is 0. The number of phenols is 1. The second kappa shape index (κ2) is 12.6. The first-order valence-electron chi connectivity index (χ1n) is 13.9. The van der Waals surface area contributed by atoms with E-state index in [1.807, 2.05) is 18.2 Å². The Hall–Kier alpha value is -2.12. The van der Waals surface area contributed by atoms with Gasteiger partial charge < -0.3 is 30.3 Å². The van der Waals surface area contributed by atoms with Crippen molar-refractivity contribution in [3.63, 3.8) is 0 Å². The van der Waals surface area contributed by atoms with Crippen LogP contribution in [0, 0.1) is 23.7 Å². The third-order valence-electron chi connectivity index (χ3n) is 9.01. The maximum atomic E-state index is 11.0. The van der Waals surface area contributed by atoms with Gasteiger partial charge in [-0.05, 0) is 103 Å². The van der Waals surface area contributed by atoms with Crippen LogP contribution >= 0.6 is 0 Å². The SMILES string of the molecule is COc1ccc(C2CCc3ccc(CC4CC(C)C(CCCC(CO)CO)C(O)C4O)cc3C2)cc1O. The number of aromatic hydroxyl groups is 1. The molecule has 1 fully saturated rings. The smallest absolute Gasteiger partial charge is 0.160 e. The van der Waals surface area contributed by atoms with Gasteiger partial charge in [0.15, 0.2) is 11.5 Å². The summed E-state index contributed by atoms with van der Waals surface area (Å²) in [6.45, 7) is 2.13. The molecule has 0 saturated heterocycles. The van der Waals surface area contributed by atoms with Crippen LogP contribution in [-0.2, 0) is 19.3 Å². The Labute approximate surface area is 220 Å². The largest absolute Gasteiger partial charge is 0.504 e. The Morgan fingerprint density at radius 2 is 1.78 bits per heavy atom. The number of phenolic OH excluding ortho intramolecular Hbond substituents is 1. The van der Waals surface area contributed by atoms with Crippen molar-refractivity contribution < 1.29 is 30.3 Å². The van der Waals surface area contributed by atoms with E-state index in [0.29, 0.717) is 17.6 Å². The lowest BCUT2D eigenvalue weighted by atomic mass is 9.68. The molecule has 204 valence electrons. The molecule has 2 aliphatic rings. The minimum absolute atomic E-state index is 0.0138. The first-order chi connectivity index (χ1) is 17.8. The van der Waals surface area contributed by atoms with Crippen LogP contribution in [0.4, 0.5) is 0 Å². The molecule has 5 N–H and O–H groups in total. The summed E-state index contributed by atoms with van der Waals surface area (Å²) in [5.74, 6) is 1.26. The van der Waals surface area contributed by atoms with Crippen molar-refractivity contribution in [3.05, 3.63) is 58.7 Å². The number of fused-ring (bicyclic) bond motifs is 1. The predicted octanol–water partition coefficient (Wildman–Crippen LogP) is 3.98. The van der Waals surface area contributed by atoms with Gasteiger partial charge in [0.25, 0.3) is 0 Å². The van der Waals surface area contributed by atoms with Crippen LogP contribution in [0.1, 0.15) is 67.2 Å². The number of aliphatic hydroxyl groups excluding tert-OH is 4. The van der Waals surface area contributed by atoms with Gasteiger partial charge in [0.1, 0.15) is 0 Å². The van der Waals surface area contributed by atoms with Crippen LogP contribution in [-0.4, -0.2) is 58.1 Å². The average Bonchev–Trinajstić information content (AvgIpc) is 2.90. The van der Waals surface area contributed by atoms with Crippen molar-refractivity contribution in [3.8, 4) is 11.5 Å². The minimum Gasteiger partial charge on any atom is -0.504 e. The highest BCUT2D eigenvalue weighted by molar-refractivity contribution is 5.44. The molecule has 0 spiro atoms. The summed E-state index contributed by atoms with van der Waals surface area (Å²) in [5, 5.41) is 50.8. The quantitative estimate of drug-likeness (QED) is 0.329. The molecule has 2 aliphatic carbocycles. The topological polar surface area (TPSA) is 110 Å². The number of methoxy groups -OCH3 is 1. The maximum absolute atomic E-state index is 11.0. The Morgan fingerprint density at radius 3 is 2.49 bits per heavy atom. The third kappa shape index (κ3) is 6.48. The molecule has 1 saturated carbocycles. The standard InChI is InChI=1S/C31H44O6/c1-19-12-26(30(35)31(36)27(19)5-3-4-21(17-32)18-33)14-20-6-7-22-8-9-23(15-25(22)13-20)24-10-11-29(37-2)28(34)16-24/h6-7,10-11,13,16,19,21,23,26-27,30-36H,3-5,8-9,12,14-15,17-18H2,1-2H3. The van der Waals surface area contributed by atoms with E-state index in [2.05, 4.69) is 25.1 Å². The van der Waals surface area contributed by atoms with Crippen LogP contribution in [0.5, 0.6) is 11.5 Å².